The van der Waals surface area contributed by atoms with Crippen LogP contribution in [0, 0.1) is 6.92 Å². The molecule has 8 heteroatoms. The first-order valence-electron chi connectivity index (χ1n) is 8.95. The van der Waals surface area contributed by atoms with Crippen LogP contribution in [0.2, 0.25) is 0 Å². The predicted molar refractivity (Wildman–Crippen MR) is 111 cm³/mol. The molecule has 0 saturated carbocycles. The Labute approximate surface area is 167 Å². The van der Waals surface area contributed by atoms with Gasteiger partial charge in [-0.15, -0.1) is 11.3 Å². The molecule has 0 unspecified atom stereocenters. The van der Waals surface area contributed by atoms with Crippen molar-refractivity contribution in [1.82, 2.24) is 29.7 Å². The van der Waals surface area contributed by atoms with Gasteiger partial charge in [-0.25, -0.2) is 19.6 Å². The Morgan fingerprint density at radius 1 is 1.04 bits per heavy atom. The molecular formula is C20H21N7S. The highest BCUT2D eigenvalue weighted by molar-refractivity contribution is 7.07. The van der Waals surface area contributed by atoms with Crippen molar-refractivity contribution in [1.29, 1.82) is 0 Å². The van der Waals surface area contributed by atoms with E-state index in [2.05, 4.69) is 15.0 Å². The molecule has 0 radical (unpaired) electrons. The van der Waals surface area contributed by atoms with Crippen molar-refractivity contribution in [2.24, 2.45) is 0 Å². The van der Waals surface area contributed by atoms with E-state index >= 15 is 0 Å². The smallest absolute Gasteiger partial charge is 0.182 e. The van der Waals surface area contributed by atoms with Crippen LogP contribution in [-0.2, 0) is 13.0 Å². The topological polar surface area (TPSA) is 72.6 Å². The Morgan fingerprint density at radius 2 is 1.93 bits per heavy atom. The van der Waals surface area contributed by atoms with E-state index < -0.39 is 0 Å². The molecule has 4 heterocycles. The maximum absolute atomic E-state index is 4.78. The summed E-state index contributed by atoms with van der Waals surface area (Å²) < 4.78 is 1.91. The van der Waals surface area contributed by atoms with E-state index in [-0.39, 0.29) is 0 Å². The van der Waals surface area contributed by atoms with Crippen molar-refractivity contribution in [2.45, 2.75) is 19.9 Å². The molecule has 0 aromatic carbocycles. The second kappa shape index (κ2) is 7.85. The largest absolute Gasteiger partial charge is 0.363 e. The molecule has 0 bridgehead atoms. The van der Waals surface area contributed by atoms with Crippen molar-refractivity contribution in [3.63, 3.8) is 0 Å². The molecule has 0 spiro atoms. The lowest BCUT2D eigenvalue weighted by atomic mass is 10.2. The van der Waals surface area contributed by atoms with Gasteiger partial charge in [0.25, 0.3) is 0 Å². The van der Waals surface area contributed by atoms with Crippen molar-refractivity contribution < 1.29 is 0 Å². The van der Waals surface area contributed by atoms with Crippen LogP contribution in [0.4, 0.5) is 5.82 Å². The first kappa shape index (κ1) is 18.2. The third kappa shape index (κ3) is 4.07. The summed E-state index contributed by atoms with van der Waals surface area (Å²) in [7, 11) is 3.94. The monoisotopic (exact) mass is 391 g/mol. The number of thiazole rings is 1. The summed E-state index contributed by atoms with van der Waals surface area (Å²) in [5.41, 5.74) is 5.66. The zero-order chi connectivity index (χ0) is 19.5. The summed E-state index contributed by atoms with van der Waals surface area (Å²) in [5.74, 6) is 2.42. The molecule has 0 N–H and O–H groups in total. The minimum Gasteiger partial charge on any atom is -0.363 e. The molecular weight excluding hydrogens is 370 g/mol. The van der Waals surface area contributed by atoms with Crippen molar-refractivity contribution in [3.05, 3.63) is 70.3 Å². The Hall–Kier alpha value is -3.13. The fraction of sp³-hybridized carbons (Fsp3) is 0.250. The van der Waals surface area contributed by atoms with E-state index in [9.17, 15) is 0 Å². The van der Waals surface area contributed by atoms with E-state index in [1.165, 1.54) is 0 Å². The lowest BCUT2D eigenvalue weighted by Gasteiger charge is -2.10. The van der Waals surface area contributed by atoms with E-state index in [1.807, 2.05) is 78.0 Å². The normalized spacial score (nSPS) is 11.0. The van der Waals surface area contributed by atoms with Crippen LogP contribution >= 0.6 is 11.3 Å². The molecule has 28 heavy (non-hydrogen) atoms. The predicted octanol–water partition coefficient (Wildman–Crippen LogP) is 3.21. The third-order valence-corrected chi connectivity index (χ3v) is 4.93. The van der Waals surface area contributed by atoms with Gasteiger partial charge in [-0.2, -0.15) is 5.10 Å². The zero-order valence-corrected chi connectivity index (χ0v) is 16.9. The van der Waals surface area contributed by atoms with Gasteiger partial charge in [-0.1, -0.05) is 6.07 Å². The lowest BCUT2D eigenvalue weighted by molar-refractivity contribution is 0.635. The van der Waals surface area contributed by atoms with Crippen LogP contribution in [0.5, 0.6) is 0 Å². The van der Waals surface area contributed by atoms with E-state index in [1.54, 1.807) is 11.3 Å². The number of hydrogen-bond donors (Lipinski definition) is 0. The van der Waals surface area contributed by atoms with Crippen LogP contribution in [0.15, 0.2) is 47.4 Å². The van der Waals surface area contributed by atoms with Gasteiger partial charge >= 0.3 is 0 Å². The second-order valence-corrected chi connectivity index (χ2v) is 7.45. The van der Waals surface area contributed by atoms with Gasteiger partial charge in [0, 0.05) is 36.9 Å². The SMILES string of the molecule is Cc1cccc(Cn2nc(-c3ccc(N(C)C)nc3)nc2Cc2cscn2)n1. The fourth-order valence-electron chi connectivity index (χ4n) is 2.86. The van der Waals surface area contributed by atoms with E-state index in [4.69, 9.17) is 10.1 Å². The van der Waals surface area contributed by atoms with E-state index in [0.717, 1.165) is 34.3 Å². The summed E-state index contributed by atoms with van der Waals surface area (Å²) >= 11 is 1.58. The summed E-state index contributed by atoms with van der Waals surface area (Å²) in [6.45, 7) is 2.56. The Balaban J connectivity index is 1.68. The first-order valence-corrected chi connectivity index (χ1v) is 9.90. The number of aryl methyl sites for hydroxylation is 1. The molecule has 7 nitrogen and oxygen atoms in total. The van der Waals surface area contributed by atoms with Crippen LogP contribution in [0.1, 0.15) is 22.9 Å². The molecule has 0 aliphatic heterocycles. The van der Waals surface area contributed by atoms with Crippen LogP contribution < -0.4 is 4.90 Å². The van der Waals surface area contributed by atoms with Crippen LogP contribution in [-0.4, -0.2) is 43.8 Å². The third-order valence-electron chi connectivity index (χ3n) is 4.29. The number of pyridine rings is 2. The van der Waals surface area contributed by atoms with Crippen LogP contribution in [0.25, 0.3) is 11.4 Å². The minimum absolute atomic E-state index is 0.567. The molecule has 0 aliphatic rings. The molecule has 0 saturated heterocycles. The highest BCUT2D eigenvalue weighted by Gasteiger charge is 2.14. The molecule has 4 rings (SSSR count). The average molecular weight is 392 g/mol. The summed E-state index contributed by atoms with van der Waals surface area (Å²) in [6.07, 6.45) is 2.44. The standard InChI is InChI=1S/C20H21N7S/c1-14-5-4-6-16(23-14)11-27-19(9-17-12-28-13-22-17)24-20(25-27)15-7-8-18(21-10-15)26(2)3/h4-8,10,12-13H,9,11H2,1-3H3. The quantitative estimate of drug-likeness (QED) is 0.503. The van der Waals surface area contributed by atoms with Crippen molar-refractivity contribution in [3.8, 4) is 11.4 Å². The number of hydrogen-bond acceptors (Lipinski definition) is 7. The molecule has 0 atom stereocenters. The Morgan fingerprint density at radius 3 is 2.61 bits per heavy atom. The highest BCUT2D eigenvalue weighted by atomic mass is 32.1. The molecule has 0 aliphatic carbocycles. The average Bonchev–Trinajstić information content (AvgIpc) is 3.33. The minimum atomic E-state index is 0.567. The maximum Gasteiger partial charge on any atom is 0.182 e. The first-order chi connectivity index (χ1) is 13.6. The molecule has 4 aromatic heterocycles. The summed E-state index contributed by atoms with van der Waals surface area (Å²) in [5, 5.41) is 6.79. The van der Waals surface area contributed by atoms with Gasteiger partial charge in [0.1, 0.15) is 11.6 Å². The van der Waals surface area contributed by atoms with Gasteiger partial charge in [0.2, 0.25) is 0 Å². The van der Waals surface area contributed by atoms with Crippen LogP contribution in [0.3, 0.4) is 0 Å². The zero-order valence-electron chi connectivity index (χ0n) is 16.1. The summed E-state index contributed by atoms with van der Waals surface area (Å²) in [4.78, 5) is 20.2. The highest BCUT2D eigenvalue weighted by Crippen LogP contribution is 2.19. The maximum atomic E-state index is 4.78. The Kier molecular flexibility index (Phi) is 5.12. The number of anilines is 1. The number of nitrogens with zero attached hydrogens (tertiary/aromatic N) is 7. The van der Waals surface area contributed by atoms with Crippen molar-refractivity contribution in [2.75, 3.05) is 19.0 Å². The van der Waals surface area contributed by atoms with Gasteiger partial charge < -0.3 is 4.90 Å². The Bertz CT molecular complexity index is 1050. The number of rotatable bonds is 6. The summed E-state index contributed by atoms with van der Waals surface area (Å²) in [6, 6.07) is 9.98. The van der Waals surface area contributed by atoms with Gasteiger partial charge in [-0.3, -0.25) is 4.98 Å². The van der Waals surface area contributed by atoms with Crippen molar-refractivity contribution >= 4 is 17.2 Å². The molecule has 0 fully saturated rings. The van der Waals surface area contributed by atoms with Gasteiger partial charge in [0.05, 0.1) is 29.9 Å². The second-order valence-electron chi connectivity index (χ2n) is 6.74. The molecule has 4 aromatic rings. The van der Waals surface area contributed by atoms with Gasteiger partial charge in [-0.05, 0) is 31.2 Å². The fourth-order valence-corrected chi connectivity index (χ4v) is 3.42. The lowest BCUT2D eigenvalue weighted by Crippen LogP contribution is -2.10. The molecule has 0 amide bonds. The van der Waals surface area contributed by atoms with E-state index in [0.29, 0.717) is 18.8 Å². The number of aromatic nitrogens is 6. The molecule has 142 valence electrons. The van der Waals surface area contributed by atoms with Gasteiger partial charge in [0.15, 0.2) is 5.82 Å².